The lowest BCUT2D eigenvalue weighted by Crippen LogP contribution is -2.16. The maximum atomic E-state index is 12.6. The van der Waals surface area contributed by atoms with Crippen molar-refractivity contribution in [2.75, 3.05) is 11.1 Å². The van der Waals surface area contributed by atoms with Gasteiger partial charge in [0.1, 0.15) is 0 Å². The van der Waals surface area contributed by atoms with Crippen molar-refractivity contribution in [3.63, 3.8) is 0 Å². The normalized spacial score (nSPS) is 10.9. The number of rotatable bonds is 8. The van der Waals surface area contributed by atoms with E-state index < -0.39 is 10.8 Å². The molecule has 2 aromatic carbocycles. The number of nitrogens with two attached hydrogens (primary N) is 1. The van der Waals surface area contributed by atoms with E-state index in [1.807, 2.05) is 32.9 Å². The number of primary amides is 1. The lowest BCUT2D eigenvalue weighted by atomic mass is 10.1. The Morgan fingerprint density at radius 2 is 2.03 bits per heavy atom. The summed E-state index contributed by atoms with van der Waals surface area (Å²) in [5.41, 5.74) is 6.82. The molecule has 2 amide bonds. The Morgan fingerprint density at radius 1 is 1.28 bits per heavy atom. The Bertz CT molecular complexity index is 1190. The van der Waals surface area contributed by atoms with E-state index in [0.717, 1.165) is 23.4 Å². The average Bonchev–Trinajstić information content (AvgIpc) is 3.24. The Kier molecular flexibility index (Phi) is 6.89. The molecular formula is C21H21N5O5S. The van der Waals surface area contributed by atoms with Gasteiger partial charge in [0.05, 0.1) is 26.8 Å². The lowest BCUT2D eigenvalue weighted by Gasteiger charge is -2.12. The number of nitrogens with one attached hydrogen (secondary N) is 1. The monoisotopic (exact) mass is 455 g/mol. The number of anilines is 1. The summed E-state index contributed by atoms with van der Waals surface area (Å²) in [5, 5.41) is 18.1. The number of carbonyl (C=O) groups excluding carboxylic acids is 2. The quantitative estimate of drug-likeness (QED) is 0.294. The first-order valence-corrected chi connectivity index (χ1v) is 10.6. The van der Waals surface area contributed by atoms with Crippen molar-refractivity contribution < 1.29 is 19.0 Å². The molecule has 1 aromatic heterocycles. The number of nitro benzene ring substituents is 1. The third-order valence-corrected chi connectivity index (χ3v) is 5.59. The number of amides is 2. The van der Waals surface area contributed by atoms with Crippen LogP contribution in [0.3, 0.4) is 0 Å². The SMILES string of the molecule is Cc1cccc(-c2nc(C(C)C)no2)c1NC(=O)CSc1ccc(C(N)=O)cc1[N+](=O)[O-]. The van der Waals surface area contributed by atoms with Crippen LogP contribution in [0.1, 0.15) is 41.5 Å². The first-order valence-electron chi connectivity index (χ1n) is 9.61. The number of aromatic nitrogens is 2. The van der Waals surface area contributed by atoms with Gasteiger partial charge in [0.2, 0.25) is 11.8 Å². The molecule has 3 aromatic rings. The minimum Gasteiger partial charge on any atom is -0.366 e. The van der Waals surface area contributed by atoms with E-state index in [2.05, 4.69) is 15.5 Å². The second-order valence-corrected chi connectivity index (χ2v) is 8.27. The van der Waals surface area contributed by atoms with Crippen molar-refractivity contribution >= 4 is 35.0 Å². The van der Waals surface area contributed by atoms with Gasteiger partial charge in [-0.05, 0) is 30.7 Å². The number of hydrogen-bond donors (Lipinski definition) is 2. The van der Waals surface area contributed by atoms with Crippen LogP contribution in [0.2, 0.25) is 0 Å². The van der Waals surface area contributed by atoms with E-state index in [0.29, 0.717) is 17.1 Å². The van der Waals surface area contributed by atoms with Crippen LogP contribution in [0.4, 0.5) is 11.4 Å². The highest BCUT2D eigenvalue weighted by Gasteiger charge is 2.20. The Balaban J connectivity index is 1.79. The second kappa shape index (κ2) is 9.60. The predicted octanol–water partition coefficient (Wildman–Crippen LogP) is 3.91. The van der Waals surface area contributed by atoms with Crippen LogP contribution < -0.4 is 11.1 Å². The molecule has 0 atom stereocenters. The fraction of sp³-hybridized carbons (Fsp3) is 0.238. The zero-order valence-electron chi connectivity index (χ0n) is 17.6. The van der Waals surface area contributed by atoms with Gasteiger partial charge in [-0.15, -0.1) is 11.8 Å². The molecule has 0 unspecified atom stereocenters. The van der Waals surface area contributed by atoms with Gasteiger partial charge in [-0.1, -0.05) is 31.1 Å². The fourth-order valence-electron chi connectivity index (χ4n) is 2.84. The van der Waals surface area contributed by atoms with Gasteiger partial charge in [0.25, 0.3) is 11.6 Å². The molecule has 0 aliphatic rings. The van der Waals surface area contributed by atoms with Gasteiger partial charge >= 0.3 is 0 Å². The van der Waals surface area contributed by atoms with Crippen LogP contribution in [0.5, 0.6) is 0 Å². The minimum absolute atomic E-state index is 0.0235. The maximum Gasteiger partial charge on any atom is 0.283 e. The highest BCUT2D eigenvalue weighted by molar-refractivity contribution is 8.00. The molecule has 10 nitrogen and oxygen atoms in total. The number of nitro groups is 1. The summed E-state index contributed by atoms with van der Waals surface area (Å²) in [7, 11) is 0. The maximum absolute atomic E-state index is 12.6. The van der Waals surface area contributed by atoms with Crippen LogP contribution >= 0.6 is 11.8 Å². The first-order chi connectivity index (χ1) is 15.2. The number of thioether (sulfide) groups is 1. The van der Waals surface area contributed by atoms with Crippen LogP contribution in [-0.4, -0.2) is 32.6 Å². The third kappa shape index (κ3) is 5.11. The number of aryl methyl sites for hydroxylation is 1. The third-order valence-electron chi connectivity index (χ3n) is 4.52. The van der Waals surface area contributed by atoms with Gasteiger partial charge in [-0.25, -0.2) is 0 Å². The largest absolute Gasteiger partial charge is 0.366 e. The summed E-state index contributed by atoms with van der Waals surface area (Å²) in [6, 6.07) is 9.31. The topological polar surface area (TPSA) is 154 Å². The van der Waals surface area contributed by atoms with Gasteiger partial charge in [0.15, 0.2) is 5.82 Å². The van der Waals surface area contributed by atoms with Gasteiger partial charge < -0.3 is 15.6 Å². The zero-order chi connectivity index (χ0) is 23.4. The van der Waals surface area contributed by atoms with E-state index in [1.54, 1.807) is 6.07 Å². The van der Waals surface area contributed by atoms with Crippen molar-refractivity contribution in [2.45, 2.75) is 31.6 Å². The molecule has 0 spiro atoms. The van der Waals surface area contributed by atoms with Crippen molar-refractivity contribution in [3.05, 3.63) is 63.5 Å². The summed E-state index contributed by atoms with van der Waals surface area (Å²) in [6.45, 7) is 5.72. The van der Waals surface area contributed by atoms with Crippen LogP contribution in [0.15, 0.2) is 45.8 Å². The standard InChI is InChI=1S/C21H21N5O5S/c1-11(2)20-24-21(31-25-20)14-6-4-5-12(3)18(14)23-17(27)10-32-16-8-7-13(19(22)28)9-15(16)26(29)30/h4-9,11H,10H2,1-3H3,(H2,22,28)(H,23,27). The van der Waals surface area contributed by atoms with Gasteiger partial charge in [-0.2, -0.15) is 4.98 Å². The summed E-state index contributed by atoms with van der Waals surface area (Å²) in [6.07, 6.45) is 0. The molecule has 0 fully saturated rings. The smallest absolute Gasteiger partial charge is 0.283 e. The van der Waals surface area contributed by atoms with Crippen molar-refractivity contribution in [1.29, 1.82) is 0 Å². The highest BCUT2D eigenvalue weighted by atomic mass is 32.2. The van der Waals surface area contributed by atoms with E-state index in [9.17, 15) is 19.7 Å². The summed E-state index contributed by atoms with van der Waals surface area (Å²) < 4.78 is 5.36. The molecule has 1 heterocycles. The van der Waals surface area contributed by atoms with Crippen molar-refractivity contribution in [2.24, 2.45) is 5.73 Å². The summed E-state index contributed by atoms with van der Waals surface area (Å²) in [5.74, 6) is -0.299. The average molecular weight is 455 g/mol. The molecule has 0 aliphatic heterocycles. The van der Waals surface area contributed by atoms with Crippen LogP contribution in [0.25, 0.3) is 11.5 Å². The Hall–Kier alpha value is -3.73. The zero-order valence-corrected chi connectivity index (χ0v) is 18.4. The van der Waals surface area contributed by atoms with Crippen molar-refractivity contribution in [3.8, 4) is 11.5 Å². The number of hydrogen-bond acceptors (Lipinski definition) is 8. The minimum atomic E-state index is -0.767. The molecule has 0 aliphatic carbocycles. The number of para-hydroxylation sites is 1. The summed E-state index contributed by atoms with van der Waals surface area (Å²) >= 11 is 0.981. The second-order valence-electron chi connectivity index (χ2n) is 7.25. The molecule has 3 N–H and O–H groups in total. The molecule has 3 rings (SSSR count). The molecule has 166 valence electrons. The molecular weight excluding hydrogens is 434 g/mol. The number of benzene rings is 2. The molecule has 0 saturated heterocycles. The fourth-order valence-corrected chi connectivity index (χ4v) is 3.65. The van der Waals surface area contributed by atoms with Crippen molar-refractivity contribution in [1.82, 2.24) is 10.1 Å². The number of carbonyl (C=O) groups is 2. The highest BCUT2D eigenvalue weighted by Crippen LogP contribution is 2.32. The first kappa shape index (κ1) is 22.9. The summed E-state index contributed by atoms with van der Waals surface area (Å²) in [4.78, 5) is 39.3. The predicted molar refractivity (Wildman–Crippen MR) is 120 cm³/mol. The van der Waals surface area contributed by atoms with E-state index in [-0.39, 0.29) is 39.6 Å². The lowest BCUT2D eigenvalue weighted by molar-refractivity contribution is -0.387. The van der Waals surface area contributed by atoms with E-state index in [4.69, 9.17) is 10.3 Å². The van der Waals surface area contributed by atoms with E-state index in [1.165, 1.54) is 12.1 Å². The molecule has 0 bridgehead atoms. The molecule has 11 heteroatoms. The van der Waals surface area contributed by atoms with Crippen LogP contribution in [0, 0.1) is 17.0 Å². The molecule has 0 saturated carbocycles. The van der Waals surface area contributed by atoms with E-state index >= 15 is 0 Å². The van der Waals surface area contributed by atoms with Crippen LogP contribution in [-0.2, 0) is 4.79 Å². The number of nitrogens with zero attached hydrogens (tertiary/aromatic N) is 3. The van der Waals surface area contributed by atoms with Gasteiger partial charge in [-0.3, -0.25) is 19.7 Å². The Morgan fingerprint density at radius 3 is 2.66 bits per heavy atom. The van der Waals surface area contributed by atoms with Gasteiger partial charge in [0, 0.05) is 17.5 Å². The molecule has 0 radical (unpaired) electrons. The Labute approximate surface area is 187 Å². The molecule has 32 heavy (non-hydrogen) atoms.